The van der Waals surface area contributed by atoms with E-state index in [1.54, 1.807) is 13.8 Å². The number of imide groups is 1. The second-order valence-corrected chi connectivity index (χ2v) is 8.32. The highest BCUT2D eigenvalue weighted by Crippen LogP contribution is 2.22. The molecule has 2 aliphatic rings. The van der Waals surface area contributed by atoms with Crippen molar-refractivity contribution in [2.75, 3.05) is 31.9 Å². The monoisotopic (exact) mass is 327 g/mol. The fourth-order valence-corrected chi connectivity index (χ4v) is 4.35. The summed E-state index contributed by atoms with van der Waals surface area (Å²) in [6.07, 6.45) is 4.75. The van der Waals surface area contributed by atoms with E-state index in [9.17, 15) is 9.59 Å². The topological polar surface area (TPSA) is 52.6 Å². The summed E-state index contributed by atoms with van der Waals surface area (Å²) in [5, 5.41) is 3.47. The average Bonchev–Trinajstić information content (AvgIpc) is 2.62. The van der Waals surface area contributed by atoms with Gasteiger partial charge in [-0.1, -0.05) is 13.3 Å². The lowest BCUT2D eigenvalue weighted by atomic mass is 10.1. The molecule has 2 rings (SSSR count). The van der Waals surface area contributed by atoms with Crippen molar-refractivity contribution in [3.05, 3.63) is 0 Å². The van der Waals surface area contributed by atoms with Gasteiger partial charge in [0.2, 0.25) is 0 Å². The molecule has 22 heavy (non-hydrogen) atoms. The highest BCUT2D eigenvalue weighted by molar-refractivity contribution is 7.99. The third kappa shape index (κ3) is 4.38. The normalized spacial score (nSPS) is 26.1. The molecule has 0 aliphatic carbocycles. The maximum atomic E-state index is 12.1. The number of hydrogen-bond donors (Lipinski definition) is 1. The number of nitrogens with one attached hydrogen (secondary N) is 1. The van der Waals surface area contributed by atoms with Crippen LogP contribution >= 0.6 is 11.8 Å². The Morgan fingerprint density at radius 3 is 2.68 bits per heavy atom. The molecule has 5 nitrogen and oxygen atoms in total. The van der Waals surface area contributed by atoms with Gasteiger partial charge >= 0.3 is 6.03 Å². The van der Waals surface area contributed by atoms with Crippen LogP contribution in [0, 0.1) is 0 Å². The van der Waals surface area contributed by atoms with E-state index in [4.69, 9.17) is 0 Å². The van der Waals surface area contributed by atoms with Crippen molar-refractivity contribution in [2.24, 2.45) is 0 Å². The number of carbonyl (C=O) groups is 2. The molecule has 2 aliphatic heterocycles. The molecule has 1 N–H and O–H groups in total. The molecule has 2 heterocycles. The van der Waals surface area contributed by atoms with E-state index in [0.29, 0.717) is 6.54 Å². The number of amides is 3. The fourth-order valence-electron chi connectivity index (χ4n) is 3.23. The number of nitrogens with zero attached hydrogens (tertiary/aromatic N) is 2. The van der Waals surface area contributed by atoms with Crippen molar-refractivity contribution in [3.8, 4) is 0 Å². The molecule has 0 radical (unpaired) electrons. The fraction of sp³-hybridized carbons (Fsp3) is 0.875. The van der Waals surface area contributed by atoms with Crippen molar-refractivity contribution in [1.82, 2.24) is 15.1 Å². The van der Waals surface area contributed by atoms with E-state index < -0.39 is 5.54 Å². The summed E-state index contributed by atoms with van der Waals surface area (Å²) >= 11 is 2.06. The van der Waals surface area contributed by atoms with Crippen molar-refractivity contribution in [2.45, 2.75) is 57.2 Å². The Balaban J connectivity index is 1.78. The number of hydrogen-bond acceptors (Lipinski definition) is 4. The first-order valence-electron chi connectivity index (χ1n) is 8.42. The minimum atomic E-state index is -0.747. The molecule has 126 valence electrons. The highest BCUT2D eigenvalue weighted by atomic mass is 32.2. The molecular weight excluding hydrogens is 298 g/mol. The van der Waals surface area contributed by atoms with Gasteiger partial charge < -0.3 is 10.2 Å². The molecule has 2 saturated heterocycles. The van der Waals surface area contributed by atoms with Gasteiger partial charge in [0.05, 0.1) is 0 Å². The molecule has 6 heteroatoms. The van der Waals surface area contributed by atoms with Crippen LogP contribution < -0.4 is 5.32 Å². The van der Waals surface area contributed by atoms with Crippen LogP contribution in [0.2, 0.25) is 0 Å². The molecule has 1 atom stereocenters. The number of rotatable bonds is 6. The first kappa shape index (κ1) is 17.6. The van der Waals surface area contributed by atoms with E-state index in [-0.39, 0.29) is 11.9 Å². The smallest absolute Gasteiger partial charge is 0.324 e. The van der Waals surface area contributed by atoms with Crippen molar-refractivity contribution in [1.29, 1.82) is 0 Å². The van der Waals surface area contributed by atoms with Crippen LogP contribution in [-0.4, -0.2) is 64.5 Å². The lowest BCUT2D eigenvalue weighted by Gasteiger charge is -2.24. The summed E-state index contributed by atoms with van der Waals surface area (Å²) in [6.45, 7) is 9.52. The van der Waals surface area contributed by atoms with Crippen molar-refractivity contribution in [3.63, 3.8) is 0 Å². The minimum absolute atomic E-state index is 0.104. The Morgan fingerprint density at radius 1 is 1.27 bits per heavy atom. The van der Waals surface area contributed by atoms with Gasteiger partial charge in [-0.3, -0.25) is 9.69 Å². The van der Waals surface area contributed by atoms with Crippen LogP contribution in [0.5, 0.6) is 0 Å². The van der Waals surface area contributed by atoms with Crippen LogP contribution in [-0.2, 0) is 4.79 Å². The van der Waals surface area contributed by atoms with Gasteiger partial charge in [0, 0.05) is 18.3 Å². The van der Waals surface area contributed by atoms with Crippen molar-refractivity contribution >= 4 is 23.7 Å². The molecule has 3 amide bonds. The quantitative estimate of drug-likeness (QED) is 0.761. The first-order chi connectivity index (χ1) is 10.4. The second-order valence-electron chi connectivity index (χ2n) is 6.74. The van der Waals surface area contributed by atoms with E-state index in [0.717, 1.165) is 31.3 Å². The third-order valence-electron chi connectivity index (χ3n) is 4.42. The van der Waals surface area contributed by atoms with Gasteiger partial charge in [0.1, 0.15) is 5.54 Å². The predicted molar refractivity (Wildman–Crippen MR) is 91.2 cm³/mol. The lowest BCUT2D eigenvalue weighted by Crippen LogP contribution is -2.40. The maximum Gasteiger partial charge on any atom is 0.325 e. The summed E-state index contributed by atoms with van der Waals surface area (Å²) in [5.41, 5.74) is -0.747. The van der Waals surface area contributed by atoms with Crippen LogP contribution in [0.1, 0.15) is 46.5 Å². The van der Waals surface area contributed by atoms with Crippen molar-refractivity contribution < 1.29 is 9.59 Å². The average molecular weight is 327 g/mol. The molecule has 0 saturated carbocycles. The van der Waals surface area contributed by atoms with Crippen LogP contribution in [0.4, 0.5) is 4.79 Å². The van der Waals surface area contributed by atoms with Crippen LogP contribution in [0.15, 0.2) is 0 Å². The molecule has 0 aromatic carbocycles. The van der Waals surface area contributed by atoms with Gasteiger partial charge in [0.15, 0.2) is 0 Å². The second kappa shape index (κ2) is 7.68. The van der Waals surface area contributed by atoms with E-state index >= 15 is 0 Å². The summed E-state index contributed by atoms with van der Waals surface area (Å²) in [4.78, 5) is 27.9. The Hall–Kier alpha value is -0.750. The Labute approximate surface area is 138 Å². The summed E-state index contributed by atoms with van der Waals surface area (Å²) in [5.74, 6) is 1.07. The van der Waals surface area contributed by atoms with Crippen LogP contribution in [0.3, 0.4) is 0 Å². The van der Waals surface area contributed by atoms with Gasteiger partial charge in [0.25, 0.3) is 5.91 Å². The van der Waals surface area contributed by atoms with Gasteiger partial charge in [-0.15, -0.1) is 0 Å². The highest BCUT2D eigenvalue weighted by Gasteiger charge is 2.43. The molecule has 2 fully saturated rings. The molecule has 0 bridgehead atoms. The Bertz CT molecular complexity index is 414. The van der Waals surface area contributed by atoms with E-state index in [1.807, 2.05) is 0 Å². The molecule has 0 spiro atoms. The molecule has 0 aromatic heterocycles. The zero-order valence-corrected chi connectivity index (χ0v) is 14.9. The number of thioether (sulfide) groups is 1. The van der Waals surface area contributed by atoms with Gasteiger partial charge in [-0.2, -0.15) is 11.8 Å². The Kier molecular flexibility index (Phi) is 6.15. The van der Waals surface area contributed by atoms with Gasteiger partial charge in [-0.25, -0.2) is 4.79 Å². The molecule has 0 aromatic rings. The number of urea groups is 1. The SMILES string of the molecule is CCS[C@@H]1CCCCN(CCCN2C(=O)NC(C)(C)C2=O)C1. The molecule has 0 unspecified atom stereocenters. The standard InChI is InChI=1S/C16H29N3O2S/c1-4-22-13-8-5-6-9-18(12-13)10-7-11-19-14(20)16(2,3)17-15(19)21/h13H,4-12H2,1-3H3,(H,17,21)/t13-/m1/s1. The van der Waals surface area contributed by atoms with Gasteiger partial charge in [-0.05, 0) is 52.0 Å². The Morgan fingerprint density at radius 2 is 2.05 bits per heavy atom. The summed E-state index contributed by atoms with van der Waals surface area (Å²) in [7, 11) is 0. The number of carbonyl (C=O) groups excluding carboxylic acids is 2. The third-order valence-corrected chi connectivity index (χ3v) is 5.60. The summed E-state index contributed by atoms with van der Waals surface area (Å²) < 4.78 is 0. The van der Waals surface area contributed by atoms with E-state index in [2.05, 4.69) is 28.9 Å². The maximum absolute atomic E-state index is 12.1. The number of likely N-dealkylation sites (tertiary alicyclic amines) is 1. The summed E-state index contributed by atoms with van der Waals surface area (Å²) in [6, 6.07) is -0.245. The first-order valence-corrected chi connectivity index (χ1v) is 9.47. The van der Waals surface area contributed by atoms with E-state index in [1.165, 1.54) is 29.9 Å². The zero-order chi connectivity index (χ0) is 16.2. The largest absolute Gasteiger partial charge is 0.325 e. The zero-order valence-electron chi connectivity index (χ0n) is 14.1. The van der Waals surface area contributed by atoms with Crippen LogP contribution in [0.25, 0.3) is 0 Å². The predicted octanol–water partition coefficient (Wildman–Crippen LogP) is 2.31. The molecular formula is C16H29N3O2S. The minimum Gasteiger partial charge on any atom is -0.324 e. The lowest BCUT2D eigenvalue weighted by molar-refractivity contribution is -0.130.